The van der Waals surface area contributed by atoms with Crippen molar-refractivity contribution in [1.29, 1.82) is 0 Å². The van der Waals surface area contributed by atoms with Gasteiger partial charge in [-0.05, 0) is 39.8 Å². The molecule has 0 radical (unpaired) electrons. The quantitative estimate of drug-likeness (QED) is 0.844. The molecule has 1 amide bonds. The number of Topliss-reactive ketones (excluding diaryl/α,β-unsaturated/α-hetero) is 1. The second-order valence-corrected chi connectivity index (χ2v) is 7.07. The monoisotopic (exact) mass is 324 g/mol. The molecular formula is C16H24N2O3S. The lowest BCUT2D eigenvalue weighted by atomic mass is 10.1. The molecule has 1 aromatic rings. The van der Waals surface area contributed by atoms with Crippen molar-refractivity contribution in [1.82, 2.24) is 10.2 Å². The second-order valence-electron chi connectivity index (χ2n) is 5.99. The summed E-state index contributed by atoms with van der Waals surface area (Å²) in [4.78, 5) is 27.0. The van der Waals surface area contributed by atoms with Gasteiger partial charge < -0.3 is 10.1 Å². The molecule has 0 unspecified atom stereocenters. The minimum absolute atomic E-state index is 0.00582. The van der Waals surface area contributed by atoms with Gasteiger partial charge in [-0.2, -0.15) is 0 Å². The average Bonchev–Trinajstić information content (AvgIpc) is 2.93. The van der Waals surface area contributed by atoms with Gasteiger partial charge in [-0.3, -0.25) is 14.5 Å². The number of ketones is 1. The summed E-state index contributed by atoms with van der Waals surface area (Å²) in [6, 6.07) is 3.67. The topological polar surface area (TPSA) is 58.6 Å². The van der Waals surface area contributed by atoms with Crippen molar-refractivity contribution in [2.75, 3.05) is 19.6 Å². The number of ether oxygens (including phenoxy) is 1. The minimum atomic E-state index is -0.112. The van der Waals surface area contributed by atoms with Gasteiger partial charge in [0.05, 0.1) is 22.0 Å². The summed E-state index contributed by atoms with van der Waals surface area (Å²) < 4.78 is 5.73. The van der Waals surface area contributed by atoms with Gasteiger partial charge in [0.25, 0.3) is 5.91 Å². The van der Waals surface area contributed by atoms with E-state index in [0.29, 0.717) is 16.3 Å². The van der Waals surface area contributed by atoms with Gasteiger partial charge >= 0.3 is 0 Å². The van der Waals surface area contributed by atoms with Crippen molar-refractivity contribution in [3.8, 4) is 0 Å². The highest BCUT2D eigenvalue weighted by Crippen LogP contribution is 2.17. The smallest absolute Gasteiger partial charge is 0.261 e. The molecule has 1 N–H and O–H groups in total. The number of carbonyl (C=O) groups excluding carboxylic acids is 2. The van der Waals surface area contributed by atoms with Crippen molar-refractivity contribution in [3.05, 3.63) is 21.9 Å². The van der Waals surface area contributed by atoms with Crippen LogP contribution >= 0.6 is 11.3 Å². The van der Waals surface area contributed by atoms with Crippen LogP contribution < -0.4 is 5.32 Å². The summed E-state index contributed by atoms with van der Waals surface area (Å²) in [5.41, 5.74) is 0. The predicted octanol–water partition coefficient (Wildman–Crippen LogP) is 2.18. The van der Waals surface area contributed by atoms with Gasteiger partial charge in [-0.25, -0.2) is 0 Å². The van der Waals surface area contributed by atoms with E-state index >= 15 is 0 Å². The molecule has 122 valence electrons. The Hall–Kier alpha value is -1.24. The Kier molecular flexibility index (Phi) is 5.72. The van der Waals surface area contributed by atoms with Crippen LogP contribution in [0.15, 0.2) is 12.1 Å². The van der Waals surface area contributed by atoms with Crippen molar-refractivity contribution in [2.24, 2.45) is 0 Å². The first-order valence-electron chi connectivity index (χ1n) is 7.65. The van der Waals surface area contributed by atoms with Crippen molar-refractivity contribution in [3.63, 3.8) is 0 Å². The van der Waals surface area contributed by atoms with E-state index in [-0.39, 0.29) is 29.9 Å². The molecule has 0 bridgehead atoms. The largest absolute Gasteiger partial charge is 0.373 e. The van der Waals surface area contributed by atoms with Gasteiger partial charge in [0.15, 0.2) is 5.78 Å². The summed E-state index contributed by atoms with van der Waals surface area (Å²) in [5.74, 6) is -0.118. The molecule has 5 nitrogen and oxygen atoms in total. The molecule has 0 saturated carbocycles. The van der Waals surface area contributed by atoms with E-state index in [0.717, 1.165) is 13.1 Å². The van der Waals surface area contributed by atoms with E-state index in [1.807, 2.05) is 0 Å². The van der Waals surface area contributed by atoms with Crippen molar-refractivity contribution < 1.29 is 14.3 Å². The maximum absolute atomic E-state index is 12.1. The third kappa shape index (κ3) is 4.38. The van der Waals surface area contributed by atoms with Gasteiger partial charge in [0.1, 0.15) is 0 Å². The highest BCUT2D eigenvalue weighted by Gasteiger charge is 2.26. The van der Waals surface area contributed by atoms with Crippen LogP contribution in [0.3, 0.4) is 0 Å². The van der Waals surface area contributed by atoms with Crippen LogP contribution in [-0.4, -0.2) is 54.5 Å². The van der Waals surface area contributed by atoms with E-state index < -0.39 is 0 Å². The first-order chi connectivity index (χ1) is 10.4. The third-order valence-electron chi connectivity index (χ3n) is 3.81. The zero-order valence-electron chi connectivity index (χ0n) is 13.6. The molecule has 1 saturated heterocycles. The Morgan fingerprint density at radius 1 is 1.32 bits per heavy atom. The molecule has 6 heteroatoms. The first kappa shape index (κ1) is 17.1. The van der Waals surface area contributed by atoms with Crippen LogP contribution in [-0.2, 0) is 4.74 Å². The Labute approximate surface area is 135 Å². The van der Waals surface area contributed by atoms with Gasteiger partial charge in [0.2, 0.25) is 0 Å². The number of rotatable bonds is 5. The Balaban J connectivity index is 1.85. The van der Waals surface area contributed by atoms with E-state index in [4.69, 9.17) is 4.74 Å². The molecule has 1 aliphatic heterocycles. The van der Waals surface area contributed by atoms with E-state index in [1.54, 1.807) is 12.1 Å². The van der Waals surface area contributed by atoms with Crippen LogP contribution in [0.2, 0.25) is 0 Å². The number of hydrogen-bond donors (Lipinski definition) is 1. The van der Waals surface area contributed by atoms with Crippen molar-refractivity contribution in [2.45, 2.75) is 45.9 Å². The number of hydrogen-bond acceptors (Lipinski definition) is 5. The number of carbonyl (C=O) groups is 2. The Morgan fingerprint density at radius 2 is 1.91 bits per heavy atom. The highest BCUT2D eigenvalue weighted by molar-refractivity contribution is 7.15. The SMILES string of the molecule is CC(=O)c1ccc(C(=O)NC[C@@H](C)N2C[C@@H](C)O[C@@H](C)C2)s1. The second kappa shape index (κ2) is 7.35. The lowest BCUT2D eigenvalue weighted by Crippen LogP contribution is -2.52. The van der Waals surface area contributed by atoms with Gasteiger partial charge in [0, 0.05) is 25.7 Å². The van der Waals surface area contributed by atoms with Crippen molar-refractivity contribution >= 4 is 23.0 Å². The molecule has 2 heterocycles. The van der Waals surface area contributed by atoms with E-state index in [9.17, 15) is 9.59 Å². The fourth-order valence-corrected chi connectivity index (χ4v) is 3.50. The molecule has 2 rings (SSSR count). The maximum atomic E-state index is 12.1. The van der Waals surface area contributed by atoms with Gasteiger partial charge in [-0.15, -0.1) is 11.3 Å². The summed E-state index contributed by atoms with van der Waals surface area (Å²) >= 11 is 1.24. The third-order valence-corrected chi connectivity index (χ3v) is 4.99. The number of amides is 1. The molecule has 1 fully saturated rings. The number of nitrogens with zero attached hydrogens (tertiary/aromatic N) is 1. The zero-order valence-corrected chi connectivity index (χ0v) is 14.4. The van der Waals surface area contributed by atoms with Crippen LogP contribution in [0.5, 0.6) is 0 Å². The highest BCUT2D eigenvalue weighted by atomic mass is 32.1. The summed E-state index contributed by atoms with van der Waals surface area (Å²) in [6.07, 6.45) is 0.439. The maximum Gasteiger partial charge on any atom is 0.261 e. The minimum Gasteiger partial charge on any atom is -0.373 e. The van der Waals surface area contributed by atoms with Crippen LogP contribution in [0, 0.1) is 0 Å². The van der Waals surface area contributed by atoms with Crippen LogP contribution in [0.4, 0.5) is 0 Å². The number of morpholine rings is 1. The molecule has 0 aliphatic carbocycles. The zero-order chi connectivity index (χ0) is 16.3. The van der Waals surface area contributed by atoms with Gasteiger partial charge in [-0.1, -0.05) is 0 Å². The number of thiophene rings is 1. The molecule has 0 aromatic carbocycles. The number of nitrogens with one attached hydrogen (secondary N) is 1. The summed E-state index contributed by atoms with van der Waals surface area (Å²) in [5, 5.41) is 2.96. The molecule has 22 heavy (non-hydrogen) atoms. The fourth-order valence-electron chi connectivity index (χ4n) is 2.68. The predicted molar refractivity (Wildman–Crippen MR) is 87.7 cm³/mol. The molecule has 1 aromatic heterocycles. The molecule has 0 spiro atoms. The first-order valence-corrected chi connectivity index (χ1v) is 8.47. The average molecular weight is 324 g/mol. The lowest BCUT2D eigenvalue weighted by Gasteiger charge is -2.38. The Morgan fingerprint density at radius 3 is 2.45 bits per heavy atom. The van der Waals surface area contributed by atoms with E-state index in [1.165, 1.54) is 18.3 Å². The molecular weight excluding hydrogens is 300 g/mol. The molecule has 1 aliphatic rings. The summed E-state index contributed by atoms with van der Waals surface area (Å²) in [7, 11) is 0. The Bertz CT molecular complexity index is 533. The van der Waals surface area contributed by atoms with Crippen LogP contribution in [0.1, 0.15) is 47.0 Å². The fraction of sp³-hybridized carbons (Fsp3) is 0.625. The van der Waals surface area contributed by atoms with E-state index in [2.05, 4.69) is 31.0 Å². The standard InChI is InChI=1S/C16H24N2O3S/c1-10(18-8-11(2)21-12(3)9-18)7-17-16(20)15-6-5-14(22-15)13(4)19/h5-6,10-12H,7-9H2,1-4H3,(H,17,20)/t10-,11-,12+/m1/s1. The lowest BCUT2D eigenvalue weighted by molar-refractivity contribution is -0.0778. The molecule has 3 atom stereocenters. The normalized spacial score (nSPS) is 24.0. The summed E-state index contributed by atoms with van der Waals surface area (Å²) in [6.45, 7) is 10.1. The van der Waals surface area contributed by atoms with Crippen LogP contribution in [0.25, 0.3) is 0 Å².